The second-order valence-electron chi connectivity index (χ2n) is 7.68. The molecule has 6 heteroatoms. The van der Waals surface area contributed by atoms with E-state index in [0.29, 0.717) is 29.7 Å². The van der Waals surface area contributed by atoms with Gasteiger partial charge in [0.25, 0.3) is 0 Å². The Labute approximate surface area is 204 Å². The summed E-state index contributed by atoms with van der Waals surface area (Å²) in [4.78, 5) is 10.8. The van der Waals surface area contributed by atoms with Gasteiger partial charge in [-0.25, -0.2) is 8.78 Å². The lowest BCUT2D eigenvalue weighted by molar-refractivity contribution is -0.136. The summed E-state index contributed by atoms with van der Waals surface area (Å²) in [6.45, 7) is 17.7. The summed E-state index contributed by atoms with van der Waals surface area (Å²) < 4.78 is 40.0. The highest BCUT2D eigenvalue weighted by Crippen LogP contribution is 2.39. The molecule has 2 aromatic rings. The average Bonchev–Trinajstić information content (AvgIpc) is 3.14. The third-order valence-electron chi connectivity index (χ3n) is 4.83. The van der Waals surface area contributed by atoms with Crippen molar-refractivity contribution in [2.24, 2.45) is 0 Å². The number of rotatable bonds is 7. The van der Waals surface area contributed by atoms with Gasteiger partial charge in [-0.3, -0.25) is 4.79 Å². The molecule has 0 radical (unpaired) electrons. The number of aliphatic carboxylic acids is 1. The molecule has 0 atom stereocenters. The number of aryl methyl sites for hydroxylation is 2. The third kappa shape index (κ3) is 8.96. The van der Waals surface area contributed by atoms with Crippen LogP contribution in [-0.4, -0.2) is 16.7 Å². The molecule has 4 nitrogen and oxygen atoms in total. The molecule has 192 valence electrons. The van der Waals surface area contributed by atoms with Gasteiger partial charge in [0, 0.05) is 24.0 Å². The maximum absolute atomic E-state index is 14.5. The molecule has 0 amide bonds. The zero-order valence-corrected chi connectivity index (χ0v) is 22.3. The van der Waals surface area contributed by atoms with E-state index in [1.807, 2.05) is 62.3 Å². The molecule has 1 N–H and O–H groups in total. The summed E-state index contributed by atoms with van der Waals surface area (Å²) >= 11 is 0. The van der Waals surface area contributed by atoms with Crippen molar-refractivity contribution in [1.82, 2.24) is 0 Å². The zero-order valence-electron chi connectivity index (χ0n) is 22.3. The molecule has 0 spiro atoms. The van der Waals surface area contributed by atoms with Gasteiger partial charge >= 0.3 is 5.97 Å². The lowest BCUT2D eigenvalue weighted by atomic mass is 10.00. The van der Waals surface area contributed by atoms with Crippen LogP contribution >= 0.6 is 0 Å². The third-order valence-corrected chi connectivity index (χ3v) is 4.83. The Balaban J connectivity index is 0.00000168. The van der Waals surface area contributed by atoms with Crippen molar-refractivity contribution in [1.29, 1.82) is 0 Å². The molecule has 0 bridgehead atoms. The lowest BCUT2D eigenvalue weighted by Gasteiger charge is -2.18. The Morgan fingerprint density at radius 3 is 2.18 bits per heavy atom. The summed E-state index contributed by atoms with van der Waals surface area (Å²) in [6.07, 6.45) is 1.42. The smallest absolute Gasteiger partial charge is 0.303 e. The van der Waals surface area contributed by atoms with Crippen LogP contribution in [0.2, 0.25) is 0 Å². The Bertz CT molecular complexity index is 908. The topological polar surface area (TPSA) is 55.8 Å². The van der Waals surface area contributed by atoms with Crippen LogP contribution in [0.1, 0.15) is 91.0 Å². The number of hydrogen-bond donors (Lipinski definition) is 1. The van der Waals surface area contributed by atoms with Gasteiger partial charge < -0.3 is 14.6 Å². The minimum absolute atomic E-state index is 0.0231. The summed E-state index contributed by atoms with van der Waals surface area (Å²) in [5, 5.41) is 8.85. The van der Waals surface area contributed by atoms with Gasteiger partial charge in [-0.15, -0.1) is 0 Å². The molecule has 0 saturated carbocycles. The van der Waals surface area contributed by atoms with Crippen LogP contribution in [0.5, 0.6) is 11.5 Å². The van der Waals surface area contributed by atoms with E-state index in [4.69, 9.17) is 14.6 Å². The van der Waals surface area contributed by atoms with Crippen LogP contribution in [0.15, 0.2) is 24.3 Å². The fraction of sp³-hybridized carbons (Fsp3) is 0.536. The lowest BCUT2D eigenvalue weighted by Crippen LogP contribution is -2.25. The van der Waals surface area contributed by atoms with Crippen molar-refractivity contribution in [3.05, 3.63) is 58.2 Å². The molecule has 0 fully saturated rings. The van der Waals surface area contributed by atoms with Crippen LogP contribution in [0.4, 0.5) is 8.78 Å². The maximum atomic E-state index is 14.5. The molecule has 0 aromatic heterocycles. The number of benzene rings is 2. The molecule has 34 heavy (non-hydrogen) atoms. The van der Waals surface area contributed by atoms with Crippen LogP contribution in [0.3, 0.4) is 0 Å². The summed E-state index contributed by atoms with van der Waals surface area (Å²) in [5.41, 5.74) is 2.39. The van der Waals surface area contributed by atoms with Gasteiger partial charge in [-0.05, 0) is 62.1 Å². The van der Waals surface area contributed by atoms with E-state index in [-0.39, 0.29) is 31.0 Å². The molecule has 3 rings (SSSR count). The number of hydrogen-bond acceptors (Lipinski definition) is 3. The van der Waals surface area contributed by atoms with E-state index in [9.17, 15) is 13.6 Å². The molecule has 0 saturated heterocycles. The second kappa shape index (κ2) is 15.3. The van der Waals surface area contributed by atoms with Crippen LogP contribution < -0.4 is 9.47 Å². The van der Waals surface area contributed by atoms with Gasteiger partial charge in [0.1, 0.15) is 23.8 Å². The highest BCUT2D eigenvalue weighted by atomic mass is 19.1. The molecule has 0 aliphatic carbocycles. The first-order valence-electron chi connectivity index (χ1n) is 12.3. The van der Waals surface area contributed by atoms with Crippen LogP contribution in [-0.2, 0) is 30.7 Å². The molecule has 1 heterocycles. The van der Waals surface area contributed by atoms with Gasteiger partial charge in [0.15, 0.2) is 11.6 Å². The number of carboxylic acid groups (broad SMARTS) is 1. The monoisotopic (exact) mass is 480 g/mol. The first-order valence-corrected chi connectivity index (χ1v) is 12.3. The summed E-state index contributed by atoms with van der Waals surface area (Å²) in [6, 6.07) is 5.73. The Hall–Kier alpha value is -2.63. The fourth-order valence-corrected chi connectivity index (χ4v) is 3.56. The molecular formula is C28H42F2O4. The van der Waals surface area contributed by atoms with Crippen molar-refractivity contribution in [3.8, 4) is 11.5 Å². The first kappa shape index (κ1) is 31.4. The predicted molar refractivity (Wildman–Crippen MR) is 135 cm³/mol. The molecule has 1 aliphatic rings. The minimum atomic E-state index is -0.925. The normalized spacial score (nSPS) is 12.4. The number of carboxylic acids is 1. The second-order valence-corrected chi connectivity index (χ2v) is 7.68. The number of halogens is 2. The molecular weight excluding hydrogens is 438 g/mol. The van der Waals surface area contributed by atoms with Gasteiger partial charge in [-0.1, -0.05) is 48.5 Å². The SMILES string of the molecule is CC.CC.CC.CCc1cc(OCc2cc(F)cc3c2OC(C)(C)C3)c(F)cc1CCC(=O)O. The average molecular weight is 481 g/mol. The highest BCUT2D eigenvalue weighted by molar-refractivity contribution is 5.67. The first-order chi connectivity index (χ1) is 16.2. The van der Waals surface area contributed by atoms with Crippen molar-refractivity contribution in [2.75, 3.05) is 0 Å². The van der Waals surface area contributed by atoms with Gasteiger partial charge in [-0.2, -0.15) is 0 Å². The molecule has 1 aliphatic heterocycles. The van der Waals surface area contributed by atoms with Crippen molar-refractivity contribution < 1.29 is 28.2 Å². The van der Waals surface area contributed by atoms with Crippen LogP contribution in [0, 0.1) is 11.6 Å². The van der Waals surface area contributed by atoms with E-state index in [0.717, 1.165) is 11.1 Å². The Morgan fingerprint density at radius 2 is 1.62 bits per heavy atom. The largest absolute Gasteiger partial charge is 0.487 e. The van der Waals surface area contributed by atoms with E-state index in [1.165, 1.54) is 18.2 Å². The quantitative estimate of drug-likeness (QED) is 0.437. The molecule has 2 aromatic carbocycles. The van der Waals surface area contributed by atoms with E-state index in [2.05, 4.69) is 0 Å². The standard InChI is InChI=1S/C22H24F2O4.3C2H6/c1-4-13-10-19(18(24)9-14(13)5-6-20(25)26)27-12-16-8-17(23)7-15-11-22(2,3)28-21(15)16;3*1-2/h7-10H,4-6,11-12H2,1-3H3,(H,25,26);3*1-2H3. The summed E-state index contributed by atoms with van der Waals surface area (Å²) in [7, 11) is 0. The minimum Gasteiger partial charge on any atom is -0.487 e. The Morgan fingerprint density at radius 1 is 1.00 bits per heavy atom. The van der Waals surface area contributed by atoms with E-state index in [1.54, 1.807) is 6.07 Å². The van der Waals surface area contributed by atoms with E-state index >= 15 is 0 Å². The fourth-order valence-electron chi connectivity index (χ4n) is 3.56. The van der Waals surface area contributed by atoms with Gasteiger partial charge in [0.2, 0.25) is 0 Å². The van der Waals surface area contributed by atoms with Crippen molar-refractivity contribution in [2.45, 2.75) is 100 Å². The molecule has 0 unspecified atom stereocenters. The predicted octanol–water partition coefficient (Wildman–Crippen LogP) is 7.92. The van der Waals surface area contributed by atoms with E-state index < -0.39 is 17.4 Å². The maximum Gasteiger partial charge on any atom is 0.303 e. The van der Waals surface area contributed by atoms with Crippen LogP contribution in [0.25, 0.3) is 0 Å². The van der Waals surface area contributed by atoms with Crippen molar-refractivity contribution >= 4 is 5.97 Å². The number of ether oxygens (including phenoxy) is 2. The highest BCUT2D eigenvalue weighted by Gasteiger charge is 2.32. The summed E-state index contributed by atoms with van der Waals surface area (Å²) in [5.74, 6) is -1.21. The Kier molecular flexibility index (Phi) is 14.1. The number of carbonyl (C=O) groups is 1. The number of fused-ring (bicyclic) bond motifs is 1. The zero-order chi connectivity index (χ0) is 26.5. The van der Waals surface area contributed by atoms with Gasteiger partial charge in [0.05, 0.1) is 0 Å². The van der Waals surface area contributed by atoms with Crippen molar-refractivity contribution in [3.63, 3.8) is 0 Å².